The van der Waals surface area contributed by atoms with Crippen LogP contribution in [0.25, 0.3) is 0 Å². The maximum absolute atomic E-state index is 5.40. The SMILES string of the molecule is COC1CCCC(NCC2CC2)C1. The van der Waals surface area contributed by atoms with Crippen molar-refractivity contribution in [1.29, 1.82) is 0 Å². The molecule has 0 aromatic heterocycles. The summed E-state index contributed by atoms with van der Waals surface area (Å²) < 4.78 is 5.40. The van der Waals surface area contributed by atoms with Gasteiger partial charge < -0.3 is 10.1 Å². The molecule has 0 aromatic rings. The lowest BCUT2D eigenvalue weighted by atomic mass is 9.93. The molecule has 2 heteroatoms. The van der Waals surface area contributed by atoms with E-state index in [0.29, 0.717) is 6.10 Å². The van der Waals surface area contributed by atoms with Gasteiger partial charge in [-0.1, -0.05) is 0 Å². The van der Waals surface area contributed by atoms with Crippen LogP contribution in [-0.2, 0) is 4.74 Å². The fourth-order valence-corrected chi connectivity index (χ4v) is 2.20. The molecule has 2 saturated carbocycles. The van der Waals surface area contributed by atoms with E-state index in [1.165, 1.54) is 45.1 Å². The van der Waals surface area contributed by atoms with E-state index in [-0.39, 0.29) is 0 Å². The fourth-order valence-electron chi connectivity index (χ4n) is 2.20. The maximum atomic E-state index is 5.40. The van der Waals surface area contributed by atoms with Gasteiger partial charge in [-0.25, -0.2) is 0 Å². The summed E-state index contributed by atoms with van der Waals surface area (Å²) in [6.07, 6.45) is 8.60. The zero-order chi connectivity index (χ0) is 9.10. The van der Waals surface area contributed by atoms with Crippen molar-refractivity contribution in [1.82, 2.24) is 5.32 Å². The lowest BCUT2D eigenvalue weighted by molar-refractivity contribution is 0.0587. The molecule has 0 aromatic carbocycles. The van der Waals surface area contributed by atoms with Crippen LogP contribution in [0, 0.1) is 5.92 Å². The molecule has 2 aliphatic rings. The summed E-state index contributed by atoms with van der Waals surface area (Å²) >= 11 is 0. The summed E-state index contributed by atoms with van der Waals surface area (Å²) in [6.45, 7) is 1.25. The number of ether oxygens (including phenoxy) is 1. The van der Waals surface area contributed by atoms with Gasteiger partial charge >= 0.3 is 0 Å². The van der Waals surface area contributed by atoms with E-state index >= 15 is 0 Å². The molecule has 1 N–H and O–H groups in total. The molecule has 2 nitrogen and oxygen atoms in total. The van der Waals surface area contributed by atoms with Gasteiger partial charge in [-0.05, 0) is 51.0 Å². The van der Waals surface area contributed by atoms with Gasteiger partial charge in [0.15, 0.2) is 0 Å². The fraction of sp³-hybridized carbons (Fsp3) is 1.00. The van der Waals surface area contributed by atoms with Crippen LogP contribution in [-0.4, -0.2) is 25.8 Å². The van der Waals surface area contributed by atoms with Crippen LogP contribution in [0.1, 0.15) is 38.5 Å². The highest BCUT2D eigenvalue weighted by atomic mass is 16.5. The molecule has 0 radical (unpaired) electrons. The van der Waals surface area contributed by atoms with E-state index < -0.39 is 0 Å². The highest BCUT2D eigenvalue weighted by Crippen LogP contribution is 2.28. The van der Waals surface area contributed by atoms with Gasteiger partial charge in [-0.2, -0.15) is 0 Å². The first-order valence-electron chi connectivity index (χ1n) is 5.64. The lowest BCUT2D eigenvalue weighted by Gasteiger charge is -2.28. The van der Waals surface area contributed by atoms with Crippen molar-refractivity contribution in [3.05, 3.63) is 0 Å². The van der Waals surface area contributed by atoms with Gasteiger partial charge in [-0.15, -0.1) is 0 Å². The van der Waals surface area contributed by atoms with Gasteiger partial charge in [0, 0.05) is 13.2 Å². The van der Waals surface area contributed by atoms with Crippen LogP contribution in [0.5, 0.6) is 0 Å². The van der Waals surface area contributed by atoms with Crippen LogP contribution in [0.2, 0.25) is 0 Å². The minimum atomic E-state index is 0.519. The minimum Gasteiger partial charge on any atom is -0.381 e. The predicted octanol–water partition coefficient (Wildman–Crippen LogP) is 1.94. The molecule has 2 unspecified atom stereocenters. The van der Waals surface area contributed by atoms with Gasteiger partial charge in [0.25, 0.3) is 0 Å². The van der Waals surface area contributed by atoms with Crippen molar-refractivity contribution in [2.45, 2.75) is 50.7 Å². The second-order valence-electron chi connectivity index (χ2n) is 4.57. The smallest absolute Gasteiger partial charge is 0.0586 e. The second kappa shape index (κ2) is 4.43. The van der Waals surface area contributed by atoms with Gasteiger partial charge in [0.05, 0.1) is 6.10 Å². The predicted molar refractivity (Wildman–Crippen MR) is 53.8 cm³/mol. The Hall–Kier alpha value is -0.0800. The topological polar surface area (TPSA) is 21.3 Å². The molecule has 2 atom stereocenters. The number of hydrogen-bond donors (Lipinski definition) is 1. The molecule has 76 valence electrons. The average Bonchev–Trinajstić information content (AvgIpc) is 2.99. The van der Waals surface area contributed by atoms with Gasteiger partial charge in [-0.3, -0.25) is 0 Å². The first-order chi connectivity index (χ1) is 6.38. The van der Waals surface area contributed by atoms with Crippen molar-refractivity contribution in [3.63, 3.8) is 0 Å². The largest absolute Gasteiger partial charge is 0.381 e. The molecule has 0 amide bonds. The Balaban J connectivity index is 1.65. The van der Waals surface area contributed by atoms with Crippen molar-refractivity contribution >= 4 is 0 Å². The van der Waals surface area contributed by atoms with E-state index in [4.69, 9.17) is 4.74 Å². The van der Waals surface area contributed by atoms with Gasteiger partial charge in [0.2, 0.25) is 0 Å². The summed E-state index contributed by atoms with van der Waals surface area (Å²) in [5, 5.41) is 3.67. The normalized spacial score (nSPS) is 34.8. The Morgan fingerprint density at radius 2 is 2.08 bits per heavy atom. The Labute approximate surface area is 81.0 Å². The summed E-state index contributed by atoms with van der Waals surface area (Å²) in [5.74, 6) is 1.00. The number of methoxy groups -OCH3 is 1. The quantitative estimate of drug-likeness (QED) is 0.719. The number of hydrogen-bond acceptors (Lipinski definition) is 2. The third-order valence-corrected chi connectivity index (χ3v) is 3.35. The van der Waals surface area contributed by atoms with E-state index in [9.17, 15) is 0 Å². The molecule has 0 heterocycles. The van der Waals surface area contributed by atoms with E-state index in [2.05, 4.69) is 5.32 Å². The molecule has 0 spiro atoms. The molecule has 0 saturated heterocycles. The summed E-state index contributed by atoms with van der Waals surface area (Å²) in [7, 11) is 1.84. The van der Waals surface area contributed by atoms with Crippen molar-refractivity contribution in [2.24, 2.45) is 5.92 Å². The Morgan fingerprint density at radius 3 is 2.77 bits per heavy atom. The molecule has 13 heavy (non-hydrogen) atoms. The van der Waals surface area contributed by atoms with Crippen molar-refractivity contribution in [2.75, 3.05) is 13.7 Å². The van der Waals surface area contributed by atoms with Crippen LogP contribution >= 0.6 is 0 Å². The van der Waals surface area contributed by atoms with E-state index in [1.807, 2.05) is 7.11 Å². The standard InChI is InChI=1S/C11H21NO/c1-13-11-4-2-3-10(7-11)12-8-9-5-6-9/h9-12H,2-8H2,1H3. The zero-order valence-electron chi connectivity index (χ0n) is 8.59. The van der Waals surface area contributed by atoms with Crippen LogP contribution in [0.3, 0.4) is 0 Å². The molecule has 2 rings (SSSR count). The monoisotopic (exact) mass is 183 g/mol. The molecular formula is C11H21NO. The third kappa shape index (κ3) is 2.96. The average molecular weight is 183 g/mol. The van der Waals surface area contributed by atoms with E-state index in [1.54, 1.807) is 0 Å². The third-order valence-electron chi connectivity index (χ3n) is 3.35. The molecule has 0 bridgehead atoms. The Kier molecular flexibility index (Phi) is 3.23. The summed E-state index contributed by atoms with van der Waals surface area (Å²) in [5.41, 5.74) is 0. The highest BCUT2D eigenvalue weighted by molar-refractivity contribution is 4.82. The molecular weight excluding hydrogens is 162 g/mol. The first kappa shape index (κ1) is 9.47. The minimum absolute atomic E-state index is 0.519. The second-order valence-corrected chi connectivity index (χ2v) is 4.57. The first-order valence-corrected chi connectivity index (χ1v) is 5.64. The number of rotatable bonds is 4. The van der Waals surface area contributed by atoms with E-state index in [0.717, 1.165) is 12.0 Å². The summed E-state index contributed by atoms with van der Waals surface area (Å²) in [6, 6.07) is 0.735. The Morgan fingerprint density at radius 1 is 1.23 bits per heavy atom. The highest BCUT2D eigenvalue weighted by Gasteiger charge is 2.25. The lowest BCUT2D eigenvalue weighted by Crippen LogP contribution is -2.37. The Bertz CT molecular complexity index is 156. The van der Waals surface area contributed by atoms with Crippen LogP contribution in [0.4, 0.5) is 0 Å². The molecule has 2 aliphatic carbocycles. The summed E-state index contributed by atoms with van der Waals surface area (Å²) in [4.78, 5) is 0. The maximum Gasteiger partial charge on any atom is 0.0586 e. The molecule has 2 fully saturated rings. The van der Waals surface area contributed by atoms with Crippen molar-refractivity contribution < 1.29 is 4.74 Å². The van der Waals surface area contributed by atoms with Crippen LogP contribution in [0.15, 0.2) is 0 Å². The van der Waals surface area contributed by atoms with Crippen molar-refractivity contribution in [3.8, 4) is 0 Å². The van der Waals surface area contributed by atoms with Crippen LogP contribution < -0.4 is 5.32 Å². The number of nitrogens with one attached hydrogen (secondary N) is 1. The van der Waals surface area contributed by atoms with Gasteiger partial charge in [0.1, 0.15) is 0 Å². The zero-order valence-corrected chi connectivity index (χ0v) is 8.59. The molecule has 0 aliphatic heterocycles.